The molecule has 0 radical (unpaired) electrons. The molecule has 0 aliphatic carbocycles. The minimum Gasteiger partial charge on any atom is -0.382 e. The smallest absolute Gasteiger partial charge is 0.293 e. The number of amides is 1. The molecule has 0 fully saturated rings. The normalized spacial score (nSPS) is 10.1. The van der Waals surface area contributed by atoms with Crippen LogP contribution in [-0.4, -0.2) is 36.4 Å². The summed E-state index contributed by atoms with van der Waals surface area (Å²) in [5.74, 6) is 0.774. The van der Waals surface area contributed by atoms with Crippen LogP contribution in [0.15, 0.2) is 18.2 Å². The molecule has 0 heterocycles. The van der Waals surface area contributed by atoms with Gasteiger partial charge in [-0.25, -0.2) is 0 Å². The Labute approximate surface area is 122 Å². The van der Waals surface area contributed by atoms with E-state index < -0.39 is 4.92 Å². The number of carbonyl (C=O) groups is 1. The molecule has 0 bridgehead atoms. The van der Waals surface area contributed by atoms with E-state index in [1.54, 1.807) is 24.9 Å². The van der Waals surface area contributed by atoms with Crippen LogP contribution < -0.4 is 10.6 Å². The van der Waals surface area contributed by atoms with Gasteiger partial charge in [0.05, 0.1) is 10.5 Å². The number of nitro groups is 1. The number of nitrogens with zero attached hydrogens (tertiary/aromatic N) is 1. The lowest BCUT2D eigenvalue weighted by atomic mass is 10.1. The van der Waals surface area contributed by atoms with E-state index >= 15 is 0 Å². The van der Waals surface area contributed by atoms with Crippen molar-refractivity contribution in [3.8, 4) is 0 Å². The highest BCUT2D eigenvalue weighted by Gasteiger charge is 2.20. The van der Waals surface area contributed by atoms with Crippen LogP contribution in [0.3, 0.4) is 0 Å². The molecule has 0 aliphatic heterocycles. The number of carbonyl (C=O) groups excluding carboxylic acids is 1. The SMILES string of the molecule is CNc1c(C(=O)NCCCCSC)cccc1[N+](=O)[O-]. The minimum absolute atomic E-state index is 0.0949. The summed E-state index contributed by atoms with van der Waals surface area (Å²) in [5, 5.41) is 16.4. The van der Waals surface area contributed by atoms with Crippen LogP contribution in [0.25, 0.3) is 0 Å². The maximum Gasteiger partial charge on any atom is 0.293 e. The molecular formula is C13H19N3O3S. The van der Waals surface area contributed by atoms with Crippen molar-refractivity contribution in [2.75, 3.05) is 30.9 Å². The van der Waals surface area contributed by atoms with Crippen LogP contribution in [0.1, 0.15) is 23.2 Å². The summed E-state index contributed by atoms with van der Waals surface area (Å²) in [6.07, 6.45) is 3.98. The van der Waals surface area contributed by atoms with E-state index in [0.717, 1.165) is 18.6 Å². The summed E-state index contributed by atoms with van der Waals surface area (Å²) in [4.78, 5) is 22.5. The number of hydrogen-bond acceptors (Lipinski definition) is 5. The number of nitrogens with one attached hydrogen (secondary N) is 2. The third kappa shape index (κ3) is 4.41. The molecule has 0 atom stereocenters. The summed E-state index contributed by atoms with van der Waals surface area (Å²) < 4.78 is 0. The molecule has 2 N–H and O–H groups in total. The number of unbranched alkanes of at least 4 members (excludes halogenated alkanes) is 1. The molecule has 1 aromatic rings. The average Bonchev–Trinajstić information content (AvgIpc) is 2.45. The molecule has 7 heteroatoms. The second-order valence-electron chi connectivity index (χ2n) is 4.16. The number of rotatable bonds is 8. The van der Waals surface area contributed by atoms with Crippen LogP contribution in [0, 0.1) is 10.1 Å². The first-order valence-corrected chi connectivity index (χ1v) is 7.73. The fourth-order valence-electron chi connectivity index (χ4n) is 1.81. The third-order valence-corrected chi connectivity index (χ3v) is 3.49. The van der Waals surface area contributed by atoms with Gasteiger partial charge >= 0.3 is 0 Å². The van der Waals surface area contributed by atoms with Crippen LogP contribution in [0.2, 0.25) is 0 Å². The summed E-state index contributed by atoms with van der Waals surface area (Å²) >= 11 is 1.77. The predicted octanol–water partition coefficient (Wildman–Crippen LogP) is 2.51. The lowest BCUT2D eigenvalue weighted by Gasteiger charge is -2.10. The van der Waals surface area contributed by atoms with Crippen molar-refractivity contribution in [2.45, 2.75) is 12.8 Å². The van der Waals surface area contributed by atoms with Gasteiger partial charge in [-0.05, 0) is 30.9 Å². The van der Waals surface area contributed by atoms with Gasteiger partial charge in [0.2, 0.25) is 0 Å². The van der Waals surface area contributed by atoms with Gasteiger partial charge in [0.15, 0.2) is 0 Å². The molecule has 1 rings (SSSR count). The Morgan fingerprint density at radius 1 is 1.40 bits per heavy atom. The summed E-state index contributed by atoms with van der Waals surface area (Å²) in [7, 11) is 1.57. The van der Waals surface area contributed by atoms with Crippen molar-refractivity contribution in [3.63, 3.8) is 0 Å². The van der Waals surface area contributed by atoms with Gasteiger partial charge < -0.3 is 10.6 Å². The molecular weight excluding hydrogens is 278 g/mol. The van der Waals surface area contributed by atoms with E-state index in [4.69, 9.17) is 0 Å². The first kappa shape index (κ1) is 16.3. The predicted molar refractivity (Wildman–Crippen MR) is 82.6 cm³/mol. The van der Waals surface area contributed by atoms with E-state index in [2.05, 4.69) is 10.6 Å². The number of benzene rings is 1. The highest BCUT2D eigenvalue weighted by Crippen LogP contribution is 2.27. The van der Waals surface area contributed by atoms with Gasteiger partial charge in [0.1, 0.15) is 5.69 Å². The van der Waals surface area contributed by atoms with Crippen LogP contribution in [0.4, 0.5) is 11.4 Å². The van der Waals surface area contributed by atoms with Crippen molar-refractivity contribution in [1.29, 1.82) is 0 Å². The van der Waals surface area contributed by atoms with E-state index in [0.29, 0.717) is 12.1 Å². The molecule has 20 heavy (non-hydrogen) atoms. The zero-order chi connectivity index (χ0) is 15.0. The number of hydrogen-bond donors (Lipinski definition) is 2. The largest absolute Gasteiger partial charge is 0.382 e. The Bertz CT molecular complexity index is 480. The molecule has 1 aromatic carbocycles. The number of nitro benzene ring substituents is 1. The Morgan fingerprint density at radius 3 is 2.75 bits per heavy atom. The zero-order valence-electron chi connectivity index (χ0n) is 11.6. The van der Waals surface area contributed by atoms with E-state index in [9.17, 15) is 14.9 Å². The molecule has 110 valence electrons. The second-order valence-corrected chi connectivity index (χ2v) is 5.15. The van der Waals surface area contributed by atoms with E-state index in [1.165, 1.54) is 12.1 Å². The number of anilines is 1. The fourth-order valence-corrected chi connectivity index (χ4v) is 2.31. The van der Waals surface area contributed by atoms with Crippen LogP contribution in [0.5, 0.6) is 0 Å². The zero-order valence-corrected chi connectivity index (χ0v) is 12.5. The summed E-state index contributed by atoms with van der Waals surface area (Å²) in [5.41, 5.74) is 0.452. The lowest BCUT2D eigenvalue weighted by Crippen LogP contribution is -2.25. The molecule has 0 aliphatic rings. The van der Waals surface area contributed by atoms with Crippen molar-refractivity contribution < 1.29 is 9.72 Å². The second kappa shape index (κ2) is 8.42. The molecule has 1 amide bonds. The highest BCUT2D eigenvalue weighted by atomic mass is 32.2. The first-order chi connectivity index (χ1) is 9.61. The van der Waals surface area contributed by atoms with Crippen molar-refractivity contribution in [2.24, 2.45) is 0 Å². The fraction of sp³-hybridized carbons (Fsp3) is 0.462. The van der Waals surface area contributed by atoms with Gasteiger partial charge in [-0.1, -0.05) is 6.07 Å². The molecule has 0 spiro atoms. The van der Waals surface area contributed by atoms with Gasteiger partial charge in [-0.3, -0.25) is 14.9 Å². The van der Waals surface area contributed by atoms with Crippen LogP contribution >= 0.6 is 11.8 Å². The van der Waals surface area contributed by atoms with Crippen molar-refractivity contribution in [3.05, 3.63) is 33.9 Å². The molecule has 0 unspecified atom stereocenters. The Kier molecular flexibility index (Phi) is 6.86. The lowest BCUT2D eigenvalue weighted by molar-refractivity contribution is -0.384. The quantitative estimate of drug-likeness (QED) is 0.437. The van der Waals surface area contributed by atoms with Crippen molar-refractivity contribution in [1.82, 2.24) is 5.32 Å². The monoisotopic (exact) mass is 297 g/mol. The van der Waals surface area contributed by atoms with Gasteiger partial charge in [0, 0.05) is 19.7 Å². The van der Waals surface area contributed by atoms with Gasteiger partial charge in [0.25, 0.3) is 11.6 Å². The Balaban J connectivity index is 2.72. The number of thioether (sulfide) groups is 1. The van der Waals surface area contributed by atoms with E-state index in [-0.39, 0.29) is 17.3 Å². The average molecular weight is 297 g/mol. The topological polar surface area (TPSA) is 84.3 Å². The Hall–Kier alpha value is -1.76. The number of para-hydroxylation sites is 1. The van der Waals surface area contributed by atoms with E-state index in [1.807, 2.05) is 6.26 Å². The standard InChI is InChI=1S/C13H19N3O3S/c1-14-12-10(6-5-7-11(12)16(18)19)13(17)15-8-3-4-9-20-2/h5-7,14H,3-4,8-9H2,1-2H3,(H,15,17). The summed E-state index contributed by atoms with van der Waals surface area (Å²) in [6, 6.07) is 4.47. The maximum atomic E-state index is 12.1. The van der Waals surface area contributed by atoms with Crippen molar-refractivity contribution >= 4 is 29.0 Å². The Morgan fingerprint density at radius 2 is 2.15 bits per heavy atom. The molecule has 0 aromatic heterocycles. The molecule has 0 saturated heterocycles. The molecule has 0 saturated carbocycles. The summed E-state index contributed by atoms with van der Waals surface area (Å²) in [6.45, 7) is 0.575. The molecule has 6 nitrogen and oxygen atoms in total. The minimum atomic E-state index is -0.499. The maximum absolute atomic E-state index is 12.1. The van der Waals surface area contributed by atoms with Gasteiger partial charge in [-0.2, -0.15) is 11.8 Å². The van der Waals surface area contributed by atoms with Gasteiger partial charge in [-0.15, -0.1) is 0 Å². The van der Waals surface area contributed by atoms with Crippen LogP contribution in [-0.2, 0) is 0 Å². The highest BCUT2D eigenvalue weighted by molar-refractivity contribution is 7.98. The third-order valence-electron chi connectivity index (χ3n) is 2.79. The first-order valence-electron chi connectivity index (χ1n) is 6.34.